The van der Waals surface area contributed by atoms with Crippen molar-refractivity contribution in [3.05, 3.63) is 86.8 Å². The number of carbonyl (C=O) groups excluding carboxylic acids is 2. The van der Waals surface area contributed by atoms with Gasteiger partial charge in [0, 0.05) is 18.4 Å². The molecular weight excluding hydrogens is 502 g/mol. The zero-order chi connectivity index (χ0) is 28.2. The summed E-state index contributed by atoms with van der Waals surface area (Å²) in [5.74, 6) is -0.608. The van der Waals surface area contributed by atoms with Crippen molar-refractivity contribution in [3.63, 3.8) is 0 Å². The molecule has 0 spiro atoms. The van der Waals surface area contributed by atoms with Crippen molar-refractivity contribution in [1.29, 1.82) is 0 Å². The molecule has 1 atom stereocenters. The van der Waals surface area contributed by atoms with E-state index in [0.717, 1.165) is 27.8 Å². The molecule has 0 amide bonds. The molecule has 0 aliphatic heterocycles. The molecule has 7 nitrogen and oxygen atoms in total. The van der Waals surface area contributed by atoms with E-state index in [1.165, 1.54) is 19.1 Å². The number of hydroxylamine groups is 1. The van der Waals surface area contributed by atoms with Crippen LogP contribution in [0.25, 0.3) is 0 Å². The number of nitrogens with one attached hydrogen (secondary N) is 1. The van der Waals surface area contributed by atoms with Crippen molar-refractivity contribution in [2.75, 3.05) is 6.61 Å². The maximum absolute atomic E-state index is 13.7. The third-order valence-electron chi connectivity index (χ3n) is 6.74. The minimum atomic E-state index is -4.22. The van der Waals surface area contributed by atoms with Gasteiger partial charge in [-0.15, -0.1) is 0 Å². The number of hydrogen-bond donors (Lipinski definition) is 1. The topological polar surface area (TPSA) is 98.8 Å². The molecule has 2 aromatic carbocycles. The van der Waals surface area contributed by atoms with Crippen LogP contribution in [0.2, 0.25) is 0 Å². The van der Waals surface area contributed by atoms with Crippen LogP contribution >= 0.6 is 0 Å². The van der Waals surface area contributed by atoms with Crippen molar-refractivity contribution in [3.8, 4) is 0 Å². The molecule has 0 aromatic heterocycles. The van der Waals surface area contributed by atoms with Gasteiger partial charge in [0.1, 0.15) is 10.7 Å². The summed E-state index contributed by atoms with van der Waals surface area (Å²) in [5, 5.41) is 0. The lowest BCUT2D eigenvalue weighted by Gasteiger charge is -2.30. The second kappa shape index (κ2) is 12.1. The van der Waals surface area contributed by atoms with Crippen molar-refractivity contribution < 1.29 is 27.0 Å². The molecule has 0 saturated heterocycles. The van der Waals surface area contributed by atoms with Gasteiger partial charge in [0.05, 0.1) is 17.9 Å². The predicted molar refractivity (Wildman–Crippen MR) is 147 cm³/mol. The molecule has 0 bridgehead atoms. The van der Waals surface area contributed by atoms with E-state index in [2.05, 4.69) is 5.48 Å². The highest BCUT2D eigenvalue weighted by atomic mass is 32.2. The van der Waals surface area contributed by atoms with Crippen LogP contribution in [0.1, 0.15) is 84.1 Å². The van der Waals surface area contributed by atoms with Gasteiger partial charge in [-0.25, -0.2) is 0 Å². The van der Waals surface area contributed by atoms with Crippen LogP contribution in [0, 0.1) is 27.7 Å². The Kier molecular flexibility index (Phi) is 9.33. The summed E-state index contributed by atoms with van der Waals surface area (Å²) in [6.07, 6.45) is 2.68. The first-order valence-corrected chi connectivity index (χ1v) is 14.3. The average Bonchev–Trinajstić information content (AvgIpc) is 2.81. The number of ketones is 2. The maximum atomic E-state index is 13.7. The van der Waals surface area contributed by atoms with Crippen LogP contribution in [0.3, 0.4) is 0 Å². The molecule has 8 heteroatoms. The lowest BCUT2D eigenvalue weighted by atomic mass is 9.77. The summed E-state index contributed by atoms with van der Waals surface area (Å²) in [6.45, 7) is 13.2. The maximum Gasteiger partial charge on any atom is 0.338 e. The Labute approximate surface area is 226 Å². The van der Waals surface area contributed by atoms with Gasteiger partial charge in [-0.05, 0) is 88.3 Å². The first-order valence-electron chi connectivity index (χ1n) is 12.9. The number of carbonyl (C=O) groups is 2. The van der Waals surface area contributed by atoms with Crippen LogP contribution in [0.15, 0.2) is 58.3 Å². The molecule has 204 valence electrons. The van der Waals surface area contributed by atoms with E-state index in [0.29, 0.717) is 24.3 Å². The minimum Gasteiger partial charge on any atom is -0.383 e. The van der Waals surface area contributed by atoms with Crippen LogP contribution in [-0.4, -0.2) is 26.6 Å². The van der Waals surface area contributed by atoms with Gasteiger partial charge >= 0.3 is 10.1 Å². The van der Waals surface area contributed by atoms with Crippen molar-refractivity contribution in [2.24, 2.45) is 0 Å². The fourth-order valence-electron chi connectivity index (χ4n) is 5.26. The predicted octanol–water partition coefficient (Wildman–Crippen LogP) is 6.06. The highest BCUT2D eigenvalue weighted by Crippen LogP contribution is 2.42. The van der Waals surface area contributed by atoms with E-state index in [9.17, 15) is 18.0 Å². The lowest BCUT2D eigenvalue weighted by Crippen LogP contribution is -2.28. The van der Waals surface area contributed by atoms with Gasteiger partial charge in [0.25, 0.3) is 0 Å². The number of allylic oxidation sites excluding steroid dienone is 3. The largest absolute Gasteiger partial charge is 0.383 e. The van der Waals surface area contributed by atoms with Gasteiger partial charge in [-0.1, -0.05) is 36.8 Å². The van der Waals surface area contributed by atoms with E-state index < -0.39 is 10.1 Å². The van der Waals surface area contributed by atoms with Crippen LogP contribution < -0.4 is 5.48 Å². The van der Waals surface area contributed by atoms with Crippen LogP contribution in [0.5, 0.6) is 0 Å². The lowest BCUT2D eigenvalue weighted by molar-refractivity contribution is -0.116. The van der Waals surface area contributed by atoms with E-state index in [1.807, 2.05) is 40.7 Å². The van der Waals surface area contributed by atoms with Crippen LogP contribution in [-0.2, 0) is 23.9 Å². The normalized spacial score (nSPS) is 16.6. The summed E-state index contributed by atoms with van der Waals surface area (Å²) >= 11 is 0. The molecular formula is C30H37NO6S. The summed E-state index contributed by atoms with van der Waals surface area (Å²) in [6, 6.07) is 8.32. The van der Waals surface area contributed by atoms with Crippen molar-refractivity contribution in [1.82, 2.24) is 5.48 Å². The second-order valence-electron chi connectivity index (χ2n) is 9.72. The number of Topliss-reactive ketones (excluding diaryl/α,β-unsaturated/α-hetero) is 2. The molecule has 1 unspecified atom stereocenters. The molecule has 1 N–H and O–H groups in total. The monoisotopic (exact) mass is 539 g/mol. The summed E-state index contributed by atoms with van der Waals surface area (Å²) in [5.41, 5.74) is 8.42. The molecule has 2 aromatic rings. The fourth-order valence-corrected chi connectivity index (χ4v) is 6.25. The first-order chi connectivity index (χ1) is 17.9. The minimum absolute atomic E-state index is 0.00451. The molecule has 0 heterocycles. The van der Waals surface area contributed by atoms with Gasteiger partial charge in [0.15, 0.2) is 11.6 Å². The Balaban J connectivity index is 2.18. The summed E-state index contributed by atoms with van der Waals surface area (Å²) < 4.78 is 32.4. The summed E-state index contributed by atoms with van der Waals surface area (Å²) in [4.78, 5) is 31.5. The molecule has 0 fully saturated rings. The Bertz CT molecular complexity index is 1400. The van der Waals surface area contributed by atoms with Gasteiger partial charge in [0.2, 0.25) is 0 Å². The molecule has 0 saturated carbocycles. The second-order valence-corrected chi connectivity index (χ2v) is 11.3. The third kappa shape index (κ3) is 6.25. The van der Waals surface area contributed by atoms with Gasteiger partial charge < -0.3 is 4.18 Å². The Hall–Kier alpha value is -3.23. The number of hydrogen-bond acceptors (Lipinski definition) is 7. The standard InChI is InChI=1S/C30H37NO6S/c1-8-10-25(31-36-9-2)30-26(33)16-23(29-20(5)15-19(4)28(21(29)6)22(7)32)17-27(30)37-38(34,35)24-13-11-18(3)12-14-24/h10-15,23,31H,8-9,16-17H2,1-7H3. The van der Waals surface area contributed by atoms with Crippen LogP contribution in [0.4, 0.5) is 0 Å². The van der Waals surface area contributed by atoms with E-state index in [4.69, 9.17) is 9.02 Å². The van der Waals surface area contributed by atoms with Gasteiger partial charge in [-0.3, -0.25) is 19.9 Å². The summed E-state index contributed by atoms with van der Waals surface area (Å²) in [7, 11) is -4.22. The molecule has 1 aliphatic rings. The van der Waals surface area contributed by atoms with E-state index >= 15 is 0 Å². The first kappa shape index (κ1) is 29.3. The zero-order valence-electron chi connectivity index (χ0n) is 23.2. The Morgan fingerprint density at radius 3 is 2.29 bits per heavy atom. The third-order valence-corrected chi connectivity index (χ3v) is 8.01. The molecule has 1 aliphatic carbocycles. The number of rotatable bonds is 10. The molecule has 38 heavy (non-hydrogen) atoms. The number of benzene rings is 2. The molecule has 0 radical (unpaired) electrons. The Morgan fingerprint density at radius 2 is 1.71 bits per heavy atom. The quantitative estimate of drug-likeness (QED) is 0.222. The zero-order valence-corrected chi connectivity index (χ0v) is 24.0. The van der Waals surface area contributed by atoms with E-state index in [-0.39, 0.29) is 46.6 Å². The molecule has 3 rings (SSSR count). The number of aryl methyl sites for hydroxylation is 3. The van der Waals surface area contributed by atoms with E-state index in [1.54, 1.807) is 25.1 Å². The Morgan fingerprint density at radius 1 is 1.05 bits per heavy atom. The van der Waals surface area contributed by atoms with Crippen molar-refractivity contribution in [2.45, 2.75) is 78.5 Å². The fraction of sp³-hybridized carbons (Fsp3) is 0.400. The highest BCUT2D eigenvalue weighted by molar-refractivity contribution is 7.86. The van der Waals surface area contributed by atoms with Crippen molar-refractivity contribution >= 4 is 21.7 Å². The smallest absolute Gasteiger partial charge is 0.338 e. The highest BCUT2D eigenvalue weighted by Gasteiger charge is 2.36. The SMILES string of the molecule is CCC=C(NOCC)C1=C(OS(=O)(=O)c2ccc(C)cc2)CC(c2c(C)cc(C)c(C(C)=O)c2C)CC1=O. The van der Waals surface area contributed by atoms with Gasteiger partial charge in [-0.2, -0.15) is 8.42 Å². The average molecular weight is 540 g/mol.